The number of likely N-dealkylation sites (tertiary alicyclic amines) is 1. The number of halogens is 3. The highest BCUT2D eigenvalue weighted by molar-refractivity contribution is 5.78. The number of hydrogen-bond donors (Lipinski definition) is 0. The highest BCUT2D eigenvalue weighted by Gasteiger charge is 2.36. The molecule has 1 saturated heterocycles. The second-order valence-electron chi connectivity index (χ2n) is 6.39. The Morgan fingerprint density at radius 1 is 1.36 bits per heavy atom. The van der Waals surface area contributed by atoms with Crippen molar-refractivity contribution in [3.8, 4) is 0 Å². The lowest BCUT2D eigenvalue weighted by Crippen LogP contribution is -2.40. The quantitative estimate of drug-likeness (QED) is 0.848. The molecule has 1 aliphatic heterocycles. The number of amides is 1. The van der Waals surface area contributed by atoms with Crippen LogP contribution in [0.2, 0.25) is 0 Å². The minimum atomic E-state index is -4.46. The van der Waals surface area contributed by atoms with Gasteiger partial charge in [-0.15, -0.1) is 0 Å². The van der Waals surface area contributed by atoms with E-state index >= 15 is 0 Å². The van der Waals surface area contributed by atoms with E-state index in [9.17, 15) is 18.0 Å². The van der Waals surface area contributed by atoms with Crippen LogP contribution < -0.4 is 0 Å². The molecule has 3 rings (SSSR count). The fourth-order valence-electron chi connectivity index (χ4n) is 3.25. The van der Waals surface area contributed by atoms with Crippen LogP contribution in [-0.4, -0.2) is 43.2 Å². The van der Waals surface area contributed by atoms with Gasteiger partial charge in [-0.3, -0.25) is 9.48 Å². The van der Waals surface area contributed by atoms with E-state index in [2.05, 4.69) is 10.1 Å². The molecule has 9 heteroatoms. The van der Waals surface area contributed by atoms with Crippen molar-refractivity contribution < 1.29 is 18.0 Å². The van der Waals surface area contributed by atoms with Gasteiger partial charge in [0.1, 0.15) is 5.82 Å². The molecule has 1 fully saturated rings. The second-order valence-corrected chi connectivity index (χ2v) is 6.39. The van der Waals surface area contributed by atoms with Gasteiger partial charge in [0.05, 0.1) is 6.42 Å². The topological polar surface area (TPSA) is 56.0 Å². The van der Waals surface area contributed by atoms with Crippen LogP contribution >= 0.6 is 0 Å². The van der Waals surface area contributed by atoms with Crippen molar-refractivity contribution in [3.05, 3.63) is 35.7 Å². The summed E-state index contributed by atoms with van der Waals surface area (Å²) in [6.45, 7) is 1.00. The third kappa shape index (κ3) is 3.69. The van der Waals surface area contributed by atoms with Crippen LogP contribution in [0.3, 0.4) is 0 Å². The van der Waals surface area contributed by atoms with Crippen molar-refractivity contribution in [2.24, 2.45) is 14.1 Å². The molecule has 1 amide bonds. The molecular weight excluding hydrogens is 335 g/mol. The molecule has 6 nitrogen and oxygen atoms in total. The average Bonchev–Trinajstić information content (AvgIpc) is 3.13. The van der Waals surface area contributed by atoms with E-state index < -0.39 is 11.9 Å². The fraction of sp³-hybridized carbons (Fsp3) is 0.562. The van der Waals surface area contributed by atoms with E-state index in [1.807, 2.05) is 0 Å². The largest absolute Gasteiger partial charge is 0.434 e. The SMILES string of the molecule is Cn1cc(C(F)(F)F)nc1[C@H]1CCCN(C(=O)Cc2ccnn2C)C1. The molecule has 3 heterocycles. The van der Waals surface area contributed by atoms with Crippen molar-refractivity contribution in [2.75, 3.05) is 13.1 Å². The van der Waals surface area contributed by atoms with Gasteiger partial charge in [-0.1, -0.05) is 0 Å². The first-order valence-corrected chi connectivity index (χ1v) is 8.11. The average molecular weight is 355 g/mol. The lowest BCUT2D eigenvalue weighted by atomic mass is 9.96. The molecule has 0 unspecified atom stereocenters. The first kappa shape index (κ1) is 17.5. The van der Waals surface area contributed by atoms with Crippen LogP contribution in [0.5, 0.6) is 0 Å². The molecule has 0 spiro atoms. The van der Waals surface area contributed by atoms with Crippen LogP contribution in [0.1, 0.15) is 36.0 Å². The summed E-state index contributed by atoms with van der Waals surface area (Å²) >= 11 is 0. The Labute approximate surface area is 143 Å². The lowest BCUT2D eigenvalue weighted by Gasteiger charge is -2.32. The minimum Gasteiger partial charge on any atom is -0.342 e. The van der Waals surface area contributed by atoms with Gasteiger partial charge in [-0.05, 0) is 18.9 Å². The van der Waals surface area contributed by atoms with E-state index in [0.29, 0.717) is 18.9 Å². The zero-order chi connectivity index (χ0) is 18.2. The van der Waals surface area contributed by atoms with Crippen LogP contribution in [-0.2, 0) is 31.5 Å². The van der Waals surface area contributed by atoms with Crippen LogP contribution in [0.4, 0.5) is 13.2 Å². The van der Waals surface area contributed by atoms with Crippen molar-refractivity contribution >= 4 is 5.91 Å². The summed E-state index contributed by atoms with van der Waals surface area (Å²) in [7, 11) is 3.34. The van der Waals surface area contributed by atoms with Gasteiger partial charge >= 0.3 is 6.18 Å². The number of rotatable bonds is 3. The number of aryl methyl sites for hydroxylation is 2. The molecule has 136 valence electrons. The van der Waals surface area contributed by atoms with Crippen molar-refractivity contribution in [3.63, 3.8) is 0 Å². The maximum Gasteiger partial charge on any atom is 0.434 e. The molecule has 25 heavy (non-hydrogen) atoms. The second kappa shape index (κ2) is 6.53. The summed E-state index contributed by atoms with van der Waals surface area (Å²) in [6.07, 6.45) is -0.120. The molecule has 0 bridgehead atoms. The molecule has 2 aromatic heterocycles. The Balaban J connectivity index is 1.72. The van der Waals surface area contributed by atoms with Crippen molar-refractivity contribution in [1.29, 1.82) is 0 Å². The summed E-state index contributed by atoms with van der Waals surface area (Å²) in [5, 5.41) is 4.04. The van der Waals surface area contributed by atoms with E-state index in [1.54, 1.807) is 35.9 Å². The Bertz CT molecular complexity index is 764. The molecule has 1 atom stereocenters. The van der Waals surface area contributed by atoms with Gasteiger partial charge in [0.25, 0.3) is 0 Å². The number of nitrogens with zero attached hydrogens (tertiary/aromatic N) is 5. The van der Waals surface area contributed by atoms with Crippen molar-refractivity contribution in [1.82, 2.24) is 24.2 Å². The smallest absolute Gasteiger partial charge is 0.342 e. The maximum absolute atomic E-state index is 12.9. The molecule has 0 radical (unpaired) electrons. The first-order chi connectivity index (χ1) is 11.8. The minimum absolute atomic E-state index is 0.0430. The van der Waals surface area contributed by atoms with Crippen molar-refractivity contribution in [2.45, 2.75) is 31.4 Å². The van der Waals surface area contributed by atoms with Gasteiger partial charge < -0.3 is 9.47 Å². The zero-order valence-electron chi connectivity index (χ0n) is 14.1. The number of aromatic nitrogens is 4. The van der Waals surface area contributed by atoms with Gasteiger partial charge in [0.15, 0.2) is 5.69 Å². The maximum atomic E-state index is 12.9. The number of piperidine rings is 1. The van der Waals surface area contributed by atoms with E-state index in [0.717, 1.165) is 24.7 Å². The van der Waals surface area contributed by atoms with E-state index in [4.69, 9.17) is 0 Å². The Kier molecular flexibility index (Phi) is 4.57. The zero-order valence-corrected chi connectivity index (χ0v) is 14.1. The summed E-state index contributed by atoms with van der Waals surface area (Å²) < 4.78 is 41.6. The number of alkyl halides is 3. The third-order valence-electron chi connectivity index (χ3n) is 4.60. The van der Waals surface area contributed by atoms with Gasteiger partial charge in [-0.25, -0.2) is 4.98 Å². The molecule has 1 aliphatic rings. The van der Waals surface area contributed by atoms with Crippen LogP contribution in [0.15, 0.2) is 18.5 Å². The van der Waals surface area contributed by atoms with E-state index in [-0.39, 0.29) is 18.2 Å². The lowest BCUT2D eigenvalue weighted by molar-refractivity contribution is -0.141. The number of hydrogen-bond acceptors (Lipinski definition) is 3. The monoisotopic (exact) mass is 355 g/mol. The van der Waals surface area contributed by atoms with E-state index in [1.165, 1.54) is 4.57 Å². The van der Waals surface area contributed by atoms with Crippen LogP contribution in [0, 0.1) is 0 Å². The fourth-order valence-corrected chi connectivity index (χ4v) is 3.25. The normalized spacial score (nSPS) is 18.6. The van der Waals surface area contributed by atoms with Gasteiger partial charge in [0, 0.05) is 51.2 Å². The molecule has 0 N–H and O–H groups in total. The summed E-state index contributed by atoms with van der Waals surface area (Å²) in [6, 6.07) is 1.79. The third-order valence-corrected chi connectivity index (χ3v) is 4.60. The molecule has 2 aromatic rings. The molecular formula is C16H20F3N5O. The van der Waals surface area contributed by atoms with Gasteiger partial charge in [0.2, 0.25) is 5.91 Å². The molecule has 0 aliphatic carbocycles. The predicted molar refractivity (Wildman–Crippen MR) is 83.7 cm³/mol. The van der Waals surface area contributed by atoms with Gasteiger partial charge in [-0.2, -0.15) is 18.3 Å². The molecule has 0 saturated carbocycles. The number of carbonyl (C=O) groups is 1. The summed E-state index contributed by atoms with van der Waals surface area (Å²) in [4.78, 5) is 18.0. The first-order valence-electron chi connectivity index (χ1n) is 8.11. The predicted octanol–water partition coefficient (Wildman–Crippen LogP) is 2.12. The molecule has 0 aromatic carbocycles. The Morgan fingerprint density at radius 2 is 2.12 bits per heavy atom. The number of imidazole rings is 1. The summed E-state index contributed by atoms with van der Waals surface area (Å²) in [5.41, 5.74) is -0.0770. The number of carbonyl (C=O) groups excluding carboxylic acids is 1. The van der Waals surface area contributed by atoms with Crippen LogP contribution in [0.25, 0.3) is 0 Å². The standard InChI is InChI=1S/C16H20F3N5O/c1-22-10-13(16(17,18)19)21-15(22)11-4-3-7-24(9-11)14(25)8-12-5-6-20-23(12)2/h5-6,10-11H,3-4,7-9H2,1-2H3/t11-/m0/s1. The Morgan fingerprint density at radius 3 is 2.72 bits per heavy atom. The Hall–Kier alpha value is -2.32. The summed E-state index contributed by atoms with van der Waals surface area (Å²) in [5.74, 6) is 0.147. The highest BCUT2D eigenvalue weighted by atomic mass is 19.4. The highest BCUT2D eigenvalue weighted by Crippen LogP contribution is 2.32.